The van der Waals surface area contributed by atoms with Crippen LogP contribution in [0.15, 0.2) is 27.6 Å². The largest absolute Gasteiger partial charge is 0.392 e. The van der Waals surface area contributed by atoms with E-state index in [2.05, 4.69) is 20.7 Å². The molecule has 1 aromatic carbocycles. The van der Waals surface area contributed by atoms with E-state index in [-0.39, 0.29) is 24.2 Å². The van der Waals surface area contributed by atoms with Crippen molar-refractivity contribution in [3.63, 3.8) is 0 Å². The number of halogens is 1. The molecule has 0 aliphatic heterocycles. The molecule has 0 aliphatic rings. The zero-order valence-electron chi connectivity index (χ0n) is 10.9. The van der Waals surface area contributed by atoms with E-state index in [0.717, 1.165) is 0 Å². The molecule has 1 rings (SSSR count). The Morgan fingerprint density at radius 1 is 1.42 bits per heavy atom. The zero-order chi connectivity index (χ0) is 14.5. The molecule has 0 amide bonds. The Morgan fingerprint density at radius 3 is 2.68 bits per heavy atom. The summed E-state index contributed by atoms with van der Waals surface area (Å²) in [5, 5.41) is 9.04. The first-order valence-corrected chi connectivity index (χ1v) is 8.15. The van der Waals surface area contributed by atoms with E-state index in [4.69, 9.17) is 9.84 Å². The predicted molar refractivity (Wildman–Crippen MR) is 76.3 cm³/mol. The van der Waals surface area contributed by atoms with Gasteiger partial charge in [0, 0.05) is 11.0 Å². The van der Waals surface area contributed by atoms with E-state index in [9.17, 15) is 8.42 Å². The summed E-state index contributed by atoms with van der Waals surface area (Å²) in [6.45, 7) is 4.09. The summed E-state index contributed by atoms with van der Waals surface area (Å²) in [6, 6.07) is 4.70. The third kappa shape index (κ3) is 5.19. The van der Waals surface area contributed by atoms with Gasteiger partial charge in [-0.1, -0.05) is 6.07 Å². The van der Waals surface area contributed by atoms with Crippen molar-refractivity contribution in [2.24, 2.45) is 0 Å². The molecule has 108 valence electrons. The SMILES string of the molecule is CC(C)OCCNS(=O)(=O)c1cc(CO)ccc1Br. The number of ether oxygens (including phenoxy) is 1. The van der Waals surface area contributed by atoms with Crippen molar-refractivity contribution in [2.75, 3.05) is 13.2 Å². The molecule has 1 aromatic rings. The second-order valence-corrected chi connectivity index (χ2v) is 6.83. The molecule has 7 heteroatoms. The molecule has 0 unspecified atom stereocenters. The van der Waals surface area contributed by atoms with Gasteiger partial charge in [-0.25, -0.2) is 13.1 Å². The number of rotatable bonds is 7. The fourth-order valence-corrected chi connectivity index (χ4v) is 3.43. The fourth-order valence-electron chi connectivity index (χ4n) is 1.40. The van der Waals surface area contributed by atoms with E-state index < -0.39 is 10.0 Å². The van der Waals surface area contributed by atoms with E-state index in [0.29, 0.717) is 16.6 Å². The monoisotopic (exact) mass is 351 g/mol. The molecule has 19 heavy (non-hydrogen) atoms. The molecule has 2 N–H and O–H groups in total. The van der Waals surface area contributed by atoms with Gasteiger partial charge in [0.1, 0.15) is 0 Å². The predicted octanol–water partition coefficient (Wildman–Crippen LogP) is 1.64. The van der Waals surface area contributed by atoms with Crippen LogP contribution < -0.4 is 4.72 Å². The van der Waals surface area contributed by atoms with Gasteiger partial charge in [0.25, 0.3) is 0 Å². The van der Waals surface area contributed by atoms with Gasteiger partial charge in [0.2, 0.25) is 10.0 Å². The number of nitrogens with one attached hydrogen (secondary N) is 1. The van der Waals surface area contributed by atoms with Gasteiger partial charge in [-0.05, 0) is 47.5 Å². The normalized spacial score (nSPS) is 12.1. The highest BCUT2D eigenvalue weighted by atomic mass is 79.9. The molecule has 0 radical (unpaired) electrons. The van der Waals surface area contributed by atoms with Gasteiger partial charge in [-0.15, -0.1) is 0 Å². The lowest BCUT2D eigenvalue weighted by Crippen LogP contribution is -2.28. The summed E-state index contributed by atoms with van der Waals surface area (Å²) in [6.07, 6.45) is 0.0638. The Balaban J connectivity index is 2.77. The molecule has 0 bridgehead atoms. The van der Waals surface area contributed by atoms with Gasteiger partial charge in [0.05, 0.1) is 24.2 Å². The summed E-state index contributed by atoms with van der Waals surface area (Å²) >= 11 is 3.20. The highest BCUT2D eigenvalue weighted by Gasteiger charge is 2.17. The van der Waals surface area contributed by atoms with Crippen molar-refractivity contribution in [1.29, 1.82) is 0 Å². The van der Waals surface area contributed by atoms with Gasteiger partial charge >= 0.3 is 0 Å². The smallest absolute Gasteiger partial charge is 0.241 e. The first kappa shape index (κ1) is 16.6. The molecule has 0 saturated carbocycles. The van der Waals surface area contributed by atoms with Crippen molar-refractivity contribution in [2.45, 2.75) is 31.5 Å². The van der Waals surface area contributed by atoms with Crippen LogP contribution in [-0.2, 0) is 21.4 Å². The van der Waals surface area contributed by atoms with Crippen molar-refractivity contribution in [3.05, 3.63) is 28.2 Å². The topological polar surface area (TPSA) is 75.6 Å². The number of benzene rings is 1. The van der Waals surface area contributed by atoms with Crippen LogP contribution in [0.5, 0.6) is 0 Å². The lowest BCUT2D eigenvalue weighted by molar-refractivity contribution is 0.0834. The molecule has 0 spiro atoms. The van der Waals surface area contributed by atoms with Gasteiger partial charge in [0.15, 0.2) is 0 Å². The minimum atomic E-state index is -3.61. The Bertz CT molecular complexity index is 516. The quantitative estimate of drug-likeness (QED) is 0.732. The standard InChI is InChI=1S/C12H18BrNO4S/c1-9(2)18-6-5-14-19(16,17)12-7-10(8-15)3-4-11(12)13/h3-4,7,9,14-15H,5-6,8H2,1-2H3. The lowest BCUT2D eigenvalue weighted by atomic mass is 10.2. The maximum atomic E-state index is 12.1. The molecule has 0 heterocycles. The number of sulfonamides is 1. The van der Waals surface area contributed by atoms with E-state index in [1.54, 1.807) is 12.1 Å². The molecule has 0 aliphatic carbocycles. The number of aliphatic hydroxyl groups is 1. The van der Waals surface area contributed by atoms with Gasteiger partial charge in [-0.3, -0.25) is 0 Å². The van der Waals surface area contributed by atoms with Crippen molar-refractivity contribution in [1.82, 2.24) is 4.72 Å². The fraction of sp³-hybridized carbons (Fsp3) is 0.500. The number of hydrogen-bond acceptors (Lipinski definition) is 4. The van der Waals surface area contributed by atoms with Crippen LogP contribution >= 0.6 is 15.9 Å². The Kier molecular flexibility index (Phi) is 6.41. The third-order valence-electron chi connectivity index (χ3n) is 2.31. The van der Waals surface area contributed by atoms with Gasteiger partial charge in [-0.2, -0.15) is 0 Å². The van der Waals surface area contributed by atoms with Crippen LogP contribution in [0.25, 0.3) is 0 Å². The average molecular weight is 352 g/mol. The van der Waals surface area contributed by atoms with Crippen LogP contribution in [0, 0.1) is 0 Å². The van der Waals surface area contributed by atoms with Crippen LogP contribution in [0.4, 0.5) is 0 Å². The zero-order valence-corrected chi connectivity index (χ0v) is 13.3. The third-order valence-corrected chi connectivity index (χ3v) is 4.77. The van der Waals surface area contributed by atoms with Crippen molar-refractivity contribution >= 4 is 26.0 Å². The van der Waals surface area contributed by atoms with Crippen LogP contribution in [0.3, 0.4) is 0 Å². The second-order valence-electron chi connectivity index (χ2n) is 4.24. The van der Waals surface area contributed by atoms with Crippen LogP contribution in [-0.4, -0.2) is 32.8 Å². The lowest BCUT2D eigenvalue weighted by Gasteiger charge is -2.11. The number of aliphatic hydroxyl groups excluding tert-OH is 1. The molecular weight excluding hydrogens is 334 g/mol. The average Bonchev–Trinajstić information content (AvgIpc) is 2.35. The highest BCUT2D eigenvalue weighted by Crippen LogP contribution is 2.23. The van der Waals surface area contributed by atoms with Crippen LogP contribution in [0.2, 0.25) is 0 Å². The van der Waals surface area contributed by atoms with E-state index >= 15 is 0 Å². The minimum absolute atomic E-state index is 0.0638. The summed E-state index contributed by atoms with van der Waals surface area (Å²) < 4.78 is 32.4. The highest BCUT2D eigenvalue weighted by molar-refractivity contribution is 9.10. The Labute approximate surface area is 122 Å². The summed E-state index contributed by atoms with van der Waals surface area (Å²) in [7, 11) is -3.61. The molecule has 0 aromatic heterocycles. The van der Waals surface area contributed by atoms with Crippen molar-refractivity contribution < 1.29 is 18.3 Å². The van der Waals surface area contributed by atoms with E-state index in [1.165, 1.54) is 6.07 Å². The van der Waals surface area contributed by atoms with Gasteiger partial charge < -0.3 is 9.84 Å². The Morgan fingerprint density at radius 2 is 2.11 bits per heavy atom. The van der Waals surface area contributed by atoms with Crippen molar-refractivity contribution in [3.8, 4) is 0 Å². The molecule has 0 atom stereocenters. The first-order chi connectivity index (χ1) is 8.86. The second kappa shape index (κ2) is 7.35. The molecule has 0 saturated heterocycles. The maximum Gasteiger partial charge on any atom is 0.241 e. The molecule has 5 nitrogen and oxygen atoms in total. The minimum Gasteiger partial charge on any atom is -0.392 e. The molecular formula is C12H18BrNO4S. The summed E-state index contributed by atoms with van der Waals surface area (Å²) in [5.41, 5.74) is 0.544. The number of hydrogen-bond donors (Lipinski definition) is 2. The first-order valence-electron chi connectivity index (χ1n) is 5.87. The molecule has 0 fully saturated rings. The summed E-state index contributed by atoms with van der Waals surface area (Å²) in [5.74, 6) is 0. The van der Waals surface area contributed by atoms with Crippen LogP contribution in [0.1, 0.15) is 19.4 Å². The maximum absolute atomic E-state index is 12.1. The van der Waals surface area contributed by atoms with E-state index in [1.807, 2.05) is 13.8 Å². The Hall–Kier alpha value is -0.470. The summed E-state index contributed by atoms with van der Waals surface area (Å²) in [4.78, 5) is 0.114.